The molecule has 2 atom stereocenters. The molecule has 0 amide bonds. The second-order valence-electron chi connectivity index (χ2n) is 4.78. The molecule has 5 heteroatoms. The summed E-state index contributed by atoms with van der Waals surface area (Å²) in [6, 6.07) is 9.94. The van der Waals surface area contributed by atoms with E-state index in [9.17, 15) is 0 Å². The fourth-order valence-electron chi connectivity index (χ4n) is 1.89. The number of rotatable bonds is 12. The smallest absolute Gasteiger partial charge is 0.0974 e. The van der Waals surface area contributed by atoms with Crippen molar-refractivity contribution in [2.45, 2.75) is 19.1 Å². The maximum absolute atomic E-state index is 5.98. The van der Waals surface area contributed by atoms with Gasteiger partial charge in [-0.25, -0.2) is 0 Å². The average Bonchev–Trinajstić information content (AvgIpc) is 2.50. The minimum atomic E-state index is -0.104. The van der Waals surface area contributed by atoms with E-state index < -0.39 is 0 Å². The zero-order valence-corrected chi connectivity index (χ0v) is 13.0. The highest BCUT2D eigenvalue weighted by molar-refractivity contribution is 5.18. The van der Waals surface area contributed by atoms with Crippen molar-refractivity contribution in [3.8, 4) is 0 Å². The van der Waals surface area contributed by atoms with E-state index in [1.165, 1.54) is 0 Å². The Labute approximate surface area is 127 Å². The maximum Gasteiger partial charge on any atom is 0.0974 e. The van der Waals surface area contributed by atoms with Crippen LogP contribution in [0.2, 0.25) is 0 Å². The molecule has 0 radical (unpaired) electrons. The molecule has 120 valence electrons. The number of methoxy groups -OCH3 is 1. The summed E-state index contributed by atoms with van der Waals surface area (Å²) in [7, 11) is 1.65. The van der Waals surface area contributed by atoms with Crippen LogP contribution in [0.25, 0.3) is 0 Å². The largest absolute Gasteiger partial charge is 0.382 e. The topological polar surface area (TPSA) is 62.9 Å². The van der Waals surface area contributed by atoms with Crippen LogP contribution in [0.1, 0.15) is 18.6 Å². The average molecular weight is 297 g/mol. The van der Waals surface area contributed by atoms with Crippen LogP contribution in [0.15, 0.2) is 30.3 Å². The quantitative estimate of drug-likeness (QED) is 0.596. The zero-order chi connectivity index (χ0) is 15.3. The first kappa shape index (κ1) is 18.1. The van der Waals surface area contributed by atoms with Gasteiger partial charge in [-0.3, -0.25) is 0 Å². The van der Waals surface area contributed by atoms with Gasteiger partial charge in [-0.05, 0) is 12.5 Å². The molecular weight excluding hydrogens is 270 g/mol. The predicted octanol–water partition coefficient (Wildman–Crippen LogP) is 1.77. The molecule has 1 rings (SSSR count). The first-order chi connectivity index (χ1) is 10.3. The number of hydrogen-bond acceptors (Lipinski definition) is 5. The molecule has 0 heterocycles. The van der Waals surface area contributed by atoms with Gasteiger partial charge in [0.05, 0.1) is 45.7 Å². The van der Waals surface area contributed by atoms with E-state index in [1.54, 1.807) is 7.11 Å². The lowest BCUT2D eigenvalue weighted by molar-refractivity contribution is -0.0221. The molecule has 1 aromatic rings. The molecule has 0 aliphatic rings. The maximum atomic E-state index is 5.98. The van der Waals surface area contributed by atoms with Gasteiger partial charge in [0.25, 0.3) is 0 Å². The molecule has 0 aromatic heterocycles. The Bertz CT molecular complexity index is 345. The standard InChI is InChI=1S/C16H27NO4/c1-14(17)16(15-6-4-3-5-7-15)21-13-12-20-11-10-19-9-8-18-2/h3-7,14,16H,8-13,17H2,1-2H3. The lowest BCUT2D eigenvalue weighted by Crippen LogP contribution is -2.28. The van der Waals surface area contributed by atoms with Crippen LogP contribution >= 0.6 is 0 Å². The van der Waals surface area contributed by atoms with E-state index in [2.05, 4.69) is 0 Å². The normalized spacial score (nSPS) is 14.0. The Morgan fingerprint density at radius 1 is 0.905 bits per heavy atom. The van der Waals surface area contributed by atoms with E-state index in [0.717, 1.165) is 5.56 Å². The molecule has 0 spiro atoms. The molecule has 5 nitrogen and oxygen atoms in total. The van der Waals surface area contributed by atoms with Crippen molar-refractivity contribution >= 4 is 0 Å². The molecule has 0 aliphatic carbocycles. The van der Waals surface area contributed by atoms with Crippen molar-refractivity contribution in [1.82, 2.24) is 0 Å². The van der Waals surface area contributed by atoms with Gasteiger partial charge in [0.1, 0.15) is 0 Å². The van der Waals surface area contributed by atoms with Gasteiger partial charge in [-0.1, -0.05) is 30.3 Å². The van der Waals surface area contributed by atoms with Gasteiger partial charge in [0.15, 0.2) is 0 Å². The van der Waals surface area contributed by atoms with E-state index in [-0.39, 0.29) is 12.1 Å². The second kappa shape index (κ2) is 11.7. The minimum absolute atomic E-state index is 0.0650. The van der Waals surface area contributed by atoms with Gasteiger partial charge in [-0.2, -0.15) is 0 Å². The Morgan fingerprint density at radius 2 is 1.48 bits per heavy atom. The molecule has 0 saturated carbocycles. The molecule has 0 bridgehead atoms. The van der Waals surface area contributed by atoms with Crippen molar-refractivity contribution in [2.75, 3.05) is 46.8 Å². The highest BCUT2D eigenvalue weighted by Crippen LogP contribution is 2.19. The minimum Gasteiger partial charge on any atom is -0.382 e. The Morgan fingerprint density at radius 3 is 2.05 bits per heavy atom. The van der Waals surface area contributed by atoms with Gasteiger partial charge >= 0.3 is 0 Å². The lowest BCUT2D eigenvalue weighted by atomic mass is 10.0. The van der Waals surface area contributed by atoms with Crippen LogP contribution in [0.5, 0.6) is 0 Å². The predicted molar refractivity (Wildman–Crippen MR) is 82.3 cm³/mol. The van der Waals surface area contributed by atoms with Crippen molar-refractivity contribution < 1.29 is 18.9 Å². The summed E-state index contributed by atoms with van der Waals surface area (Å²) in [4.78, 5) is 0. The van der Waals surface area contributed by atoms with Crippen LogP contribution in [0, 0.1) is 0 Å². The monoisotopic (exact) mass is 297 g/mol. The summed E-state index contributed by atoms with van der Waals surface area (Å²) in [5, 5.41) is 0. The zero-order valence-electron chi connectivity index (χ0n) is 13.0. The van der Waals surface area contributed by atoms with Crippen molar-refractivity contribution in [1.29, 1.82) is 0 Å². The molecule has 0 fully saturated rings. The van der Waals surface area contributed by atoms with Crippen molar-refractivity contribution in [2.24, 2.45) is 5.73 Å². The van der Waals surface area contributed by atoms with Gasteiger partial charge in [0, 0.05) is 13.2 Å². The van der Waals surface area contributed by atoms with Crippen molar-refractivity contribution in [3.63, 3.8) is 0 Å². The molecule has 2 N–H and O–H groups in total. The molecule has 2 unspecified atom stereocenters. The highest BCUT2D eigenvalue weighted by atomic mass is 16.6. The fraction of sp³-hybridized carbons (Fsp3) is 0.625. The third kappa shape index (κ3) is 8.14. The Kier molecular flexibility index (Phi) is 10.0. The third-order valence-electron chi connectivity index (χ3n) is 2.93. The summed E-state index contributed by atoms with van der Waals surface area (Å²) in [6.07, 6.45) is -0.104. The molecule has 0 aliphatic heterocycles. The number of hydrogen-bond donors (Lipinski definition) is 1. The van der Waals surface area contributed by atoms with Crippen LogP contribution in [0.4, 0.5) is 0 Å². The number of ether oxygens (including phenoxy) is 4. The fourth-order valence-corrected chi connectivity index (χ4v) is 1.89. The van der Waals surface area contributed by atoms with E-state index >= 15 is 0 Å². The summed E-state index contributed by atoms with van der Waals surface area (Å²) in [5.41, 5.74) is 7.07. The Balaban J connectivity index is 2.12. The molecule has 1 aromatic carbocycles. The SMILES string of the molecule is COCCOCCOCCOC(c1ccccc1)C(C)N. The summed E-state index contributed by atoms with van der Waals surface area (Å²) in [5.74, 6) is 0. The molecular formula is C16H27NO4. The highest BCUT2D eigenvalue weighted by Gasteiger charge is 2.16. The Hall–Kier alpha value is -0.980. The third-order valence-corrected chi connectivity index (χ3v) is 2.93. The lowest BCUT2D eigenvalue weighted by Gasteiger charge is -2.21. The number of benzene rings is 1. The van der Waals surface area contributed by atoms with E-state index in [0.29, 0.717) is 39.6 Å². The van der Waals surface area contributed by atoms with E-state index in [1.807, 2.05) is 37.3 Å². The van der Waals surface area contributed by atoms with Gasteiger partial charge in [-0.15, -0.1) is 0 Å². The molecule has 0 saturated heterocycles. The van der Waals surface area contributed by atoms with Crippen LogP contribution in [0.3, 0.4) is 0 Å². The summed E-state index contributed by atoms with van der Waals surface area (Å²) in [6.45, 7) is 5.32. The van der Waals surface area contributed by atoms with Crippen LogP contribution in [-0.2, 0) is 18.9 Å². The van der Waals surface area contributed by atoms with Crippen LogP contribution in [-0.4, -0.2) is 52.8 Å². The first-order valence-electron chi connectivity index (χ1n) is 7.32. The summed E-state index contributed by atoms with van der Waals surface area (Å²) >= 11 is 0. The second-order valence-corrected chi connectivity index (χ2v) is 4.78. The first-order valence-corrected chi connectivity index (χ1v) is 7.32. The van der Waals surface area contributed by atoms with Crippen LogP contribution < -0.4 is 5.73 Å². The summed E-state index contributed by atoms with van der Waals surface area (Å²) < 4.78 is 21.5. The van der Waals surface area contributed by atoms with E-state index in [4.69, 9.17) is 24.7 Å². The number of nitrogens with two attached hydrogens (primary N) is 1. The van der Waals surface area contributed by atoms with Gasteiger partial charge in [0.2, 0.25) is 0 Å². The van der Waals surface area contributed by atoms with Gasteiger partial charge < -0.3 is 24.7 Å². The molecule has 21 heavy (non-hydrogen) atoms. The van der Waals surface area contributed by atoms with Crippen molar-refractivity contribution in [3.05, 3.63) is 35.9 Å².